The molecule has 1 aliphatic heterocycles. The summed E-state index contributed by atoms with van der Waals surface area (Å²) >= 11 is 0. The molecule has 1 aliphatic carbocycles. The van der Waals surface area contributed by atoms with Gasteiger partial charge in [0.1, 0.15) is 0 Å². The van der Waals surface area contributed by atoms with E-state index in [0.29, 0.717) is 11.0 Å². The average Bonchev–Trinajstić information content (AvgIpc) is 2.51. The first kappa shape index (κ1) is 8.55. The first-order valence-electron chi connectivity index (χ1n) is 5.36. The van der Waals surface area contributed by atoms with Crippen LogP contribution in [0.15, 0.2) is 0 Å². The highest BCUT2D eigenvalue weighted by Gasteiger charge is 2.59. The van der Waals surface area contributed by atoms with E-state index < -0.39 is 0 Å². The molecule has 0 spiro atoms. The Morgan fingerprint density at radius 2 is 2.00 bits per heavy atom. The monoisotopic (exact) mass is 167 g/mol. The minimum Gasteiger partial charge on any atom is -0.311 e. The molecule has 2 unspecified atom stereocenters. The molecule has 0 amide bonds. The van der Waals surface area contributed by atoms with Crippen LogP contribution in [-0.4, -0.2) is 12.1 Å². The van der Waals surface area contributed by atoms with E-state index >= 15 is 0 Å². The van der Waals surface area contributed by atoms with Crippen molar-refractivity contribution in [3.8, 4) is 0 Å². The summed E-state index contributed by atoms with van der Waals surface area (Å²) in [4.78, 5) is 0. The third kappa shape index (κ3) is 1.10. The molecule has 1 saturated heterocycles. The van der Waals surface area contributed by atoms with Crippen molar-refractivity contribution in [1.29, 1.82) is 0 Å². The molecular weight excluding hydrogens is 146 g/mol. The summed E-state index contributed by atoms with van der Waals surface area (Å²) in [5.41, 5.74) is 1.21. The Kier molecular flexibility index (Phi) is 1.76. The highest BCUT2D eigenvalue weighted by molar-refractivity contribution is 5.14. The van der Waals surface area contributed by atoms with Crippen molar-refractivity contribution in [2.45, 2.75) is 52.0 Å². The molecule has 12 heavy (non-hydrogen) atoms. The highest BCUT2D eigenvalue weighted by atomic mass is 15.1. The van der Waals surface area contributed by atoms with Crippen molar-refractivity contribution in [3.63, 3.8) is 0 Å². The van der Waals surface area contributed by atoms with Gasteiger partial charge in [-0.2, -0.15) is 0 Å². The highest BCUT2D eigenvalue weighted by Crippen LogP contribution is 2.60. The third-order valence-corrected chi connectivity index (χ3v) is 3.92. The summed E-state index contributed by atoms with van der Waals surface area (Å²) in [5, 5.41) is 3.68. The Labute approximate surface area is 75.9 Å². The van der Waals surface area contributed by atoms with E-state index in [1.165, 1.54) is 32.2 Å². The molecule has 1 nitrogen and oxygen atoms in total. The van der Waals surface area contributed by atoms with Crippen LogP contribution in [0.1, 0.15) is 46.5 Å². The van der Waals surface area contributed by atoms with Gasteiger partial charge < -0.3 is 5.32 Å². The molecule has 0 aromatic rings. The fraction of sp³-hybridized carbons (Fsp3) is 1.00. The molecule has 0 aromatic heterocycles. The molecular formula is C11H21N. The molecule has 70 valence electrons. The van der Waals surface area contributed by atoms with E-state index in [-0.39, 0.29) is 0 Å². The smallest absolute Gasteiger partial charge is 0.0226 e. The minimum absolute atomic E-state index is 0.568. The zero-order valence-electron chi connectivity index (χ0n) is 8.61. The van der Waals surface area contributed by atoms with Crippen LogP contribution in [-0.2, 0) is 0 Å². The van der Waals surface area contributed by atoms with Crippen molar-refractivity contribution in [2.75, 3.05) is 6.54 Å². The van der Waals surface area contributed by atoms with E-state index in [9.17, 15) is 0 Å². The lowest BCUT2D eigenvalue weighted by molar-refractivity contribution is 0.140. The van der Waals surface area contributed by atoms with Gasteiger partial charge in [-0.05, 0) is 37.1 Å². The van der Waals surface area contributed by atoms with Crippen LogP contribution in [0, 0.1) is 11.3 Å². The molecule has 1 saturated carbocycles. The maximum Gasteiger partial charge on any atom is 0.0226 e. The van der Waals surface area contributed by atoms with Crippen molar-refractivity contribution in [1.82, 2.24) is 5.32 Å². The predicted octanol–water partition coefficient (Wildman–Crippen LogP) is 2.56. The van der Waals surface area contributed by atoms with E-state index in [2.05, 4.69) is 26.1 Å². The number of rotatable bonds is 3. The lowest BCUT2D eigenvalue weighted by Crippen LogP contribution is -2.59. The van der Waals surface area contributed by atoms with Crippen LogP contribution in [0.2, 0.25) is 0 Å². The van der Waals surface area contributed by atoms with Gasteiger partial charge >= 0.3 is 0 Å². The lowest BCUT2D eigenvalue weighted by atomic mass is 9.76. The summed E-state index contributed by atoms with van der Waals surface area (Å²) in [6.07, 6.45) is 5.59. The van der Waals surface area contributed by atoms with E-state index in [1.54, 1.807) is 0 Å². The number of nitrogens with one attached hydrogen (secondary N) is 1. The molecule has 2 atom stereocenters. The van der Waals surface area contributed by atoms with Gasteiger partial charge in [-0.25, -0.2) is 0 Å². The molecule has 0 aromatic carbocycles. The van der Waals surface area contributed by atoms with E-state index in [4.69, 9.17) is 0 Å². The molecule has 1 heteroatoms. The van der Waals surface area contributed by atoms with Crippen LogP contribution in [0.25, 0.3) is 0 Å². The normalized spacial score (nSPS) is 43.8. The van der Waals surface area contributed by atoms with Gasteiger partial charge in [0.2, 0.25) is 0 Å². The Balaban J connectivity index is 2.00. The van der Waals surface area contributed by atoms with Gasteiger partial charge in [-0.1, -0.05) is 27.2 Å². The average molecular weight is 167 g/mol. The quantitative estimate of drug-likeness (QED) is 0.681. The fourth-order valence-electron chi connectivity index (χ4n) is 2.99. The second-order valence-electron chi connectivity index (χ2n) is 5.33. The van der Waals surface area contributed by atoms with Gasteiger partial charge in [0.15, 0.2) is 0 Å². The van der Waals surface area contributed by atoms with Crippen molar-refractivity contribution >= 4 is 0 Å². The Morgan fingerprint density at radius 3 is 2.25 bits per heavy atom. The molecule has 2 aliphatic rings. The Morgan fingerprint density at radius 1 is 1.42 bits per heavy atom. The Bertz CT molecular complexity index is 179. The summed E-state index contributed by atoms with van der Waals surface area (Å²) in [6.45, 7) is 8.38. The third-order valence-electron chi connectivity index (χ3n) is 3.92. The van der Waals surface area contributed by atoms with Crippen LogP contribution >= 0.6 is 0 Å². The summed E-state index contributed by atoms with van der Waals surface area (Å²) in [6, 6.07) is 0. The summed E-state index contributed by atoms with van der Waals surface area (Å²) in [7, 11) is 0. The summed E-state index contributed by atoms with van der Waals surface area (Å²) < 4.78 is 0. The van der Waals surface area contributed by atoms with E-state index in [0.717, 1.165) is 5.92 Å². The van der Waals surface area contributed by atoms with Crippen LogP contribution in [0.5, 0.6) is 0 Å². The lowest BCUT2D eigenvalue weighted by Gasteiger charge is -2.45. The molecule has 1 N–H and O–H groups in total. The van der Waals surface area contributed by atoms with Gasteiger partial charge in [0.05, 0.1) is 0 Å². The largest absolute Gasteiger partial charge is 0.311 e. The zero-order valence-corrected chi connectivity index (χ0v) is 8.61. The molecule has 2 fully saturated rings. The molecule has 0 radical (unpaired) electrons. The molecule has 2 rings (SSSR count). The topological polar surface area (TPSA) is 12.0 Å². The zero-order chi connectivity index (χ0) is 8.82. The van der Waals surface area contributed by atoms with E-state index in [1.807, 2.05) is 0 Å². The SMILES string of the molecule is CCCC1(C2CC2(C)C)CCN1. The summed E-state index contributed by atoms with van der Waals surface area (Å²) in [5.74, 6) is 0.971. The molecule has 0 bridgehead atoms. The first-order valence-corrected chi connectivity index (χ1v) is 5.36. The van der Waals surface area contributed by atoms with Crippen molar-refractivity contribution in [2.24, 2.45) is 11.3 Å². The van der Waals surface area contributed by atoms with Crippen LogP contribution in [0.4, 0.5) is 0 Å². The van der Waals surface area contributed by atoms with Crippen molar-refractivity contribution in [3.05, 3.63) is 0 Å². The Hall–Kier alpha value is -0.0400. The van der Waals surface area contributed by atoms with Gasteiger partial charge in [-0.15, -0.1) is 0 Å². The van der Waals surface area contributed by atoms with Crippen molar-refractivity contribution < 1.29 is 0 Å². The minimum atomic E-state index is 0.568. The molecule has 1 heterocycles. The van der Waals surface area contributed by atoms with Gasteiger partial charge in [0, 0.05) is 5.54 Å². The van der Waals surface area contributed by atoms with Crippen LogP contribution in [0.3, 0.4) is 0 Å². The predicted molar refractivity (Wildman–Crippen MR) is 52.1 cm³/mol. The maximum atomic E-state index is 3.68. The second kappa shape index (κ2) is 2.47. The number of hydrogen-bond acceptors (Lipinski definition) is 1. The van der Waals surface area contributed by atoms with Crippen LogP contribution < -0.4 is 5.32 Å². The van der Waals surface area contributed by atoms with Gasteiger partial charge in [0.25, 0.3) is 0 Å². The maximum absolute atomic E-state index is 3.68. The second-order valence-corrected chi connectivity index (χ2v) is 5.33. The fourth-order valence-corrected chi connectivity index (χ4v) is 2.99. The van der Waals surface area contributed by atoms with Gasteiger partial charge in [-0.3, -0.25) is 0 Å². The number of hydrogen-bond donors (Lipinski definition) is 1. The standard InChI is InChI=1S/C11H21N/c1-4-5-11(6-7-12-11)9-8-10(9,2)3/h9,12H,4-8H2,1-3H3. The first-order chi connectivity index (χ1) is 5.61.